The van der Waals surface area contributed by atoms with Gasteiger partial charge in [-0.2, -0.15) is 0 Å². The number of nitrogens with zero attached hydrogens (tertiary/aromatic N) is 1. The maximum absolute atomic E-state index is 12.9. The maximum atomic E-state index is 12.9. The Bertz CT molecular complexity index is 863. The largest absolute Gasteiger partial charge is 0.503 e. The highest BCUT2D eigenvalue weighted by Gasteiger charge is 2.54. The van der Waals surface area contributed by atoms with E-state index in [0.29, 0.717) is 37.3 Å². The fraction of sp³-hybridized carbons (Fsp3) is 0.444. The summed E-state index contributed by atoms with van der Waals surface area (Å²) in [5, 5.41) is 10.7. The minimum Gasteiger partial charge on any atom is -0.503 e. The molecule has 0 aliphatic heterocycles. The Morgan fingerprint density at radius 2 is 1.93 bits per heavy atom. The molecule has 8 nitrogen and oxygen atoms in total. The average molecular weight is 414 g/mol. The molecule has 1 aliphatic rings. The number of carbonyl (C=O) groups excluding carboxylic acids is 2. The summed E-state index contributed by atoms with van der Waals surface area (Å²) in [5.74, 6) is -3.66. The molecular weight excluding hydrogens is 391 g/mol. The summed E-state index contributed by atoms with van der Waals surface area (Å²) in [4.78, 5) is 29.1. The molecule has 0 saturated heterocycles. The first-order chi connectivity index (χ1) is 13.1. The van der Waals surface area contributed by atoms with Crippen LogP contribution in [-0.2, 0) is 31.0 Å². The lowest BCUT2D eigenvalue weighted by Gasteiger charge is -2.18. The van der Waals surface area contributed by atoms with E-state index >= 15 is 0 Å². The highest BCUT2D eigenvalue weighted by atomic mass is 32.2. The Morgan fingerprint density at radius 3 is 2.43 bits per heavy atom. The van der Waals surface area contributed by atoms with Crippen molar-refractivity contribution in [3.8, 4) is 0 Å². The van der Waals surface area contributed by atoms with Crippen LogP contribution in [0.1, 0.15) is 38.2 Å². The number of aliphatic hydroxyl groups excluding tert-OH is 1. The minimum absolute atomic E-state index is 0.0705. The number of nitrogens with one attached hydrogen (secondary N) is 1. The normalized spacial score (nSPS) is 15.8. The highest BCUT2D eigenvalue weighted by molar-refractivity contribution is 7.91. The van der Waals surface area contributed by atoms with E-state index in [4.69, 9.17) is 4.84 Å². The Labute approximate surface area is 163 Å². The molecule has 28 heavy (non-hydrogen) atoms. The molecule has 1 saturated carbocycles. The molecule has 1 aliphatic carbocycles. The zero-order valence-corrected chi connectivity index (χ0v) is 16.5. The molecule has 0 atom stereocenters. The zero-order chi connectivity index (χ0) is 20.9. The average Bonchev–Trinajstić information content (AvgIpc) is 3.42. The summed E-state index contributed by atoms with van der Waals surface area (Å²) >= 11 is 0. The minimum atomic E-state index is -3.96. The second-order valence-corrected chi connectivity index (χ2v) is 8.66. The number of carbonyl (C=O) groups is 2. The van der Waals surface area contributed by atoms with Gasteiger partial charge in [0.25, 0.3) is 11.8 Å². The lowest BCUT2D eigenvalue weighted by atomic mass is 10.2. The van der Waals surface area contributed by atoms with Crippen molar-refractivity contribution < 1.29 is 32.3 Å². The first-order valence-corrected chi connectivity index (χ1v) is 10.2. The van der Waals surface area contributed by atoms with Crippen LogP contribution >= 0.6 is 0 Å². The summed E-state index contributed by atoms with van der Waals surface area (Å²) in [5.41, 5.74) is 0.548. The lowest BCUT2D eigenvalue weighted by Crippen LogP contribution is -2.40. The van der Waals surface area contributed by atoms with E-state index < -0.39 is 38.2 Å². The summed E-state index contributed by atoms with van der Waals surface area (Å²) < 4.78 is 38.5. The number of hydrogen-bond acceptors (Lipinski definition) is 6. The van der Waals surface area contributed by atoms with Gasteiger partial charge >= 0.3 is 0 Å². The first-order valence-electron chi connectivity index (χ1n) is 8.71. The van der Waals surface area contributed by atoms with Crippen LogP contribution in [-0.4, -0.2) is 42.3 Å². The molecule has 1 fully saturated rings. The van der Waals surface area contributed by atoms with E-state index in [9.17, 15) is 27.5 Å². The van der Waals surface area contributed by atoms with Gasteiger partial charge in [-0.25, -0.2) is 22.6 Å². The van der Waals surface area contributed by atoms with Crippen molar-refractivity contribution in [1.29, 1.82) is 0 Å². The number of amides is 2. The van der Waals surface area contributed by atoms with Crippen molar-refractivity contribution in [1.82, 2.24) is 9.79 Å². The molecule has 1 aromatic carbocycles. The molecule has 0 unspecified atom stereocenters. The molecule has 1 aromatic rings. The van der Waals surface area contributed by atoms with Crippen LogP contribution < -0.4 is 4.72 Å². The molecule has 0 radical (unpaired) electrons. The van der Waals surface area contributed by atoms with Gasteiger partial charge in [-0.3, -0.25) is 14.4 Å². The molecule has 0 aromatic heterocycles. The molecule has 10 heteroatoms. The van der Waals surface area contributed by atoms with E-state index in [-0.39, 0.29) is 6.54 Å². The van der Waals surface area contributed by atoms with Gasteiger partial charge in [0.15, 0.2) is 5.76 Å². The fourth-order valence-electron chi connectivity index (χ4n) is 2.77. The standard InChI is InChI=1S/C18H23FN2O6S/c1-3-8-18(9-10-18)28(25,26)20-17(24)15(22)11-16(23)21(27-2)12-13-4-6-14(19)7-5-13/h4-7,11,22H,3,8-10,12H2,1-2H3,(H,20,24)/b15-11-. The monoisotopic (exact) mass is 414 g/mol. The molecule has 2 N–H and O–H groups in total. The zero-order valence-electron chi connectivity index (χ0n) is 15.6. The number of aliphatic hydroxyl groups is 1. The highest BCUT2D eigenvalue weighted by Crippen LogP contribution is 2.46. The van der Waals surface area contributed by atoms with E-state index in [2.05, 4.69) is 0 Å². The number of halogens is 1. The molecule has 154 valence electrons. The van der Waals surface area contributed by atoms with E-state index in [1.54, 1.807) is 0 Å². The van der Waals surface area contributed by atoms with Crippen LogP contribution in [0, 0.1) is 5.82 Å². The van der Waals surface area contributed by atoms with E-state index in [0.717, 1.165) is 5.06 Å². The van der Waals surface area contributed by atoms with Crippen LogP contribution in [0.3, 0.4) is 0 Å². The van der Waals surface area contributed by atoms with Crippen molar-refractivity contribution in [2.45, 2.75) is 43.9 Å². The number of sulfonamides is 1. The predicted octanol–water partition coefficient (Wildman–Crippen LogP) is 1.94. The van der Waals surface area contributed by atoms with Gasteiger partial charge in [-0.05, 0) is 37.0 Å². The Hall–Kier alpha value is -2.46. The third-order valence-electron chi connectivity index (χ3n) is 4.51. The van der Waals surface area contributed by atoms with Crippen LogP contribution in [0.15, 0.2) is 36.1 Å². The Morgan fingerprint density at radius 1 is 1.32 bits per heavy atom. The van der Waals surface area contributed by atoms with Gasteiger partial charge in [-0.15, -0.1) is 0 Å². The number of hydroxylamine groups is 2. The van der Waals surface area contributed by atoms with Crippen molar-refractivity contribution in [3.05, 3.63) is 47.5 Å². The van der Waals surface area contributed by atoms with E-state index in [1.165, 1.54) is 31.4 Å². The summed E-state index contributed by atoms with van der Waals surface area (Å²) in [7, 11) is -2.75. The predicted molar refractivity (Wildman–Crippen MR) is 98.6 cm³/mol. The molecule has 0 spiro atoms. The number of benzene rings is 1. The van der Waals surface area contributed by atoms with Crippen molar-refractivity contribution >= 4 is 21.8 Å². The summed E-state index contributed by atoms with van der Waals surface area (Å²) in [6.07, 6.45) is 2.51. The smallest absolute Gasteiger partial charge is 0.299 e. The van der Waals surface area contributed by atoms with E-state index in [1.807, 2.05) is 11.6 Å². The van der Waals surface area contributed by atoms with Crippen molar-refractivity contribution in [2.24, 2.45) is 0 Å². The lowest BCUT2D eigenvalue weighted by molar-refractivity contribution is -0.173. The maximum Gasteiger partial charge on any atom is 0.299 e. The summed E-state index contributed by atoms with van der Waals surface area (Å²) in [6, 6.07) is 5.31. The second-order valence-electron chi connectivity index (χ2n) is 6.58. The van der Waals surface area contributed by atoms with Crippen molar-refractivity contribution in [3.63, 3.8) is 0 Å². The Balaban J connectivity index is 2.04. The summed E-state index contributed by atoms with van der Waals surface area (Å²) in [6.45, 7) is 1.77. The quantitative estimate of drug-likeness (QED) is 0.363. The van der Waals surface area contributed by atoms with Crippen molar-refractivity contribution in [2.75, 3.05) is 7.11 Å². The van der Waals surface area contributed by atoms with Gasteiger partial charge in [0.2, 0.25) is 10.0 Å². The second kappa shape index (κ2) is 8.70. The molecule has 2 rings (SSSR count). The third kappa shape index (κ3) is 5.08. The van der Waals surface area contributed by atoms with Crippen LogP contribution in [0.5, 0.6) is 0 Å². The Kier molecular flexibility index (Phi) is 6.78. The fourth-order valence-corrected chi connectivity index (χ4v) is 4.45. The van der Waals surface area contributed by atoms with Gasteiger partial charge in [-0.1, -0.05) is 25.5 Å². The molecule has 0 bridgehead atoms. The molecule has 0 heterocycles. The van der Waals surface area contributed by atoms with Gasteiger partial charge in [0.05, 0.1) is 24.5 Å². The number of rotatable bonds is 9. The van der Waals surface area contributed by atoms with Crippen LogP contribution in [0.4, 0.5) is 4.39 Å². The molecule has 2 amide bonds. The van der Waals surface area contributed by atoms with Crippen LogP contribution in [0.2, 0.25) is 0 Å². The SMILES string of the molecule is CCCC1(S(=O)(=O)NC(=O)/C(O)=C/C(=O)N(Cc2ccc(F)cc2)OC)CC1. The van der Waals surface area contributed by atoms with Gasteiger partial charge in [0.1, 0.15) is 5.82 Å². The van der Waals surface area contributed by atoms with Gasteiger partial charge in [0, 0.05) is 0 Å². The van der Waals surface area contributed by atoms with Gasteiger partial charge < -0.3 is 5.11 Å². The third-order valence-corrected chi connectivity index (χ3v) is 6.72. The molecular formula is C18H23FN2O6S. The number of hydrogen-bond donors (Lipinski definition) is 2. The van der Waals surface area contributed by atoms with Crippen LogP contribution in [0.25, 0.3) is 0 Å². The topological polar surface area (TPSA) is 113 Å². The first kappa shape index (κ1) is 21.8.